The average Bonchev–Trinajstić information content (AvgIpc) is 2.85. The van der Waals surface area contributed by atoms with Gasteiger partial charge in [-0.1, -0.05) is 71.3 Å². The summed E-state index contributed by atoms with van der Waals surface area (Å²) in [6, 6.07) is 31.0. The minimum absolute atomic E-state index is 0.668. The van der Waals surface area contributed by atoms with Crippen molar-refractivity contribution in [1.82, 2.24) is 9.97 Å². The van der Waals surface area contributed by atoms with Gasteiger partial charge in [0.05, 0.1) is 21.9 Å². The third-order valence-electron chi connectivity index (χ3n) is 6.20. The molecule has 4 heteroatoms. The van der Waals surface area contributed by atoms with Crippen LogP contribution in [0.3, 0.4) is 0 Å². The van der Waals surface area contributed by atoms with E-state index in [1.165, 1.54) is 11.1 Å². The normalized spacial score (nSPS) is 11.4. The van der Waals surface area contributed by atoms with Gasteiger partial charge in [0.1, 0.15) is 5.82 Å². The summed E-state index contributed by atoms with van der Waals surface area (Å²) in [5.74, 6) is 0.781. The van der Waals surface area contributed by atoms with Crippen LogP contribution in [0, 0.1) is 13.8 Å². The maximum Gasteiger partial charge on any atom is 0.141 e. The van der Waals surface area contributed by atoms with Crippen LogP contribution >= 0.6 is 11.6 Å². The van der Waals surface area contributed by atoms with Gasteiger partial charge in [0.2, 0.25) is 0 Å². The summed E-state index contributed by atoms with van der Waals surface area (Å²) < 4.78 is 0. The molecule has 0 unspecified atom stereocenters. The molecule has 1 N–H and O–H groups in total. The number of aryl methyl sites for hydroxylation is 2. The van der Waals surface area contributed by atoms with Crippen molar-refractivity contribution in [3.8, 4) is 11.1 Å². The highest BCUT2D eigenvalue weighted by atomic mass is 35.5. The quantitative estimate of drug-likeness (QED) is 0.212. The van der Waals surface area contributed by atoms with Crippen LogP contribution in [0.1, 0.15) is 11.1 Å². The first-order chi connectivity index (χ1) is 16.6. The van der Waals surface area contributed by atoms with Gasteiger partial charge in [0.15, 0.2) is 0 Å². The standard InChI is InChI=1S/C30H22ClN3/c1-18-8-12-22(13-9-18)32-30-28-27(20-6-4-3-5-7-20)23-16-19(2)10-14-25(23)33-29(28)24-17-21(31)11-15-26(24)34-30/h3-17H,1-2H3,(H,32,34). The molecule has 0 bridgehead atoms. The number of benzene rings is 4. The molecule has 0 fully saturated rings. The average molecular weight is 460 g/mol. The van der Waals surface area contributed by atoms with Crippen molar-refractivity contribution in [2.24, 2.45) is 0 Å². The molecular formula is C30H22ClN3. The van der Waals surface area contributed by atoms with Gasteiger partial charge in [-0.2, -0.15) is 0 Å². The molecule has 0 aliphatic heterocycles. The third kappa shape index (κ3) is 3.55. The van der Waals surface area contributed by atoms with Gasteiger partial charge in [-0.25, -0.2) is 9.97 Å². The molecule has 0 aliphatic rings. The van der Waals surface area contributed by atoms with Crippen molar-refractivity contribution in [2.75, 3.05) is 5.32 Å². The van der Waals surface area contributed by atoms with Gasteiger partial charge in [-0.05, 0) is 61.9 Å². The number of halogens is 1. The largest absolute Gasteiger partial charge is 0.340 e. The van der Waals surface area contributed by atoms with Crippen molar-refractivity contribution in [3.05, 3.63) is 107 Å². The Hall–Kier alpha value is -3.95. The lowest BCUT2D eigenvalue weighted by atomic mass is 9.94. The lowest BCUT2D eigenvalue weighted by Crippen LogP contribution is -2.00. The van der Waals surface area contributed by atoms with E-state index in [0.29, 0.717) is 5.02 Å². The molecule has 0 spiro atoms. The van der Waals surface area contributed by atoms with Crippen LogP contribution in [0.5, 0.6) is 0 Å². The lowest BCUT2D eigenvalue weighted by molar-refractivity contribution is 1.37. The minimum atomic E-state index is 0.668. The van der Waals surface area contributed by atoms with Crippen molar-refractivity contribution in [3.63, 3.8) is 0 Å². The van der Waals surface area contributed by atoms with Crippen LogP contribution < -0.4 is 5.32 Å². The molecule has 2 aromatic heterocycles. The Balaban J connectivity index is 1.80. The lowest BCUT2D eigenvalue weighted by Gasteiger charge is -2.17. The number of nitrogens with zero attached hydrogens (tertiary/aromatic N) is 2. The number of pyridine rings is 2. The molecule has 4 aromatic carbocycles. The molecule has 3 nitrogen and oxygen atoms in total. The second kappa shape index (κ2) is 8.12. The van der Waals surface area contributed by atoms with Crippen molar-refractivity contribution < 1.29 is 0 Å². The van der Waals surface area contributed by atoms with E-state index >= 15 is 0 Å². The topological polar surface area (TPSA) is 37.8 Å². The highest BCUT2D eigenvalue weighted by Crippen LogP contribution is 2.41. The SMILES string of the molecule is Cc1ccc(Nc2nc3ccc(Cl)cc3c3nc4ccc(C)cc4c(-c4ccccc4)c23)cc1. The molecule has 34 heavy (non-hydrogen) atoms. The van der Waals surface area contributed by atoms with Crippen molar-refractivity contribution >= 4 is 55.8 Å². The predicted octanol–water partition coefficient (Wildman–Crippen LogP) is 8.62. The molecule has 6 aromatic rings. The molecule has 0 amide bonds. The van der Waals surface area contributed by atoms with Gasteiger partial charge >= 0.3 is 0 Å². The summed E-state index contributed by atoms with van der Waals surface area (Å²) in [7, 11) is 0. The Morgan fingerprint density at radius 1 is 0.676 bits per heavy atom. The van der Waals surface area contributed by atoms with Crippen LogP contribution in [0.2, 0.25) is 5.02 Å². The van der Waals surface area contributed by atoms with E-state index in [9.17, 15) is 0 Å². The van der Waals surface area contributed by atoms with Crippen LogP contribution in [-0.2, 0) is 0 Å². The Bertz CT molecular complexity index is 1690. The first kappa shape index (κ1) is 20.6. The van der Waals surface area contributed by atoms with Gasteiger partial charge in [0, 0.05) is 27.0 Å². The highest BCUT2D eigenvalue weighted by Gasteiger charge is 2.19. The summed E-state index contributed by atoms with van der Waals surface area (Å²) in [6.07, 6.45) is 0. The van der Waals surface area contributed by atoms with Crippen LogP contribution in [0.25, 0.3) is 43.8 Å². The number of hydrogen-bond donors (Lipinski definition) is 1. The molecule has 0 radical (unpaired) electrons. The Morgan fingerprint density at radius 2 is 1.38 bits per heavy atom. The van der Waals surface area contributed by atoms with Gasteiger partial charge < -0.3 is 5.32 Å². The Kier molecular flexibility index (Phi) is 4.93. The van der Waals surface area contributed by atoms with Crippen LogP contribution in [0.4, 0.5) is 11.5 Å². The van der Waals surface area contributed by atoms with Crippen LogP contribution in [-0.4, -0.2) is 9.97 Å². The monoisotopic (exact) mass is 459 g/mol. The summed E-state index contributed by atoms with van der Waals surface area (Å²) in [4.78, 5) is 10.2. The first-order valence-electron chi connectivity index (χ1n) is 11.3. The van der Waals surface area contributed by atoms with Crippen molar-refractivity contribution in [1.29, 1.82) is 0 Å². The Morgan fingerprint density at radius 3 is 2.18 bits per heavy atom. The van der Waals surface area contributed by atoms with E-state index in [2.05, 4.69) is 85.9 Å². The third-order valence-corrected chi connectivity index (χ3v) is 6.44. The Labute approximate surface area is 203 Å². The van der Waals surface area contributed by atoms with E-state index in [4.69, 9.17) is 21.6 Å². The fourth-order valence-electron chi connectivity index (χ4n) is 4.54. The zero-order chi connectivity index (χ0) is 23.2. The van der Waals surface area contributed by atoms with E-state index in [1.807, 2.05) is 24.3 Å². The van der Waals surface area contributed by atoms with E-state index in [1.54, 1.807) is 0 Å². The van der Waals surface area contributed by atoms with Crippen LogP contribution in [0.15, 0.2) is 91.0 Å². The summed E-state index contributed by atoms with van der Waals surface area (Å²) in [6.45, 7) is 4.20. The van der Waals surface area contributed by atoms with E-state index in [0.717, 1.165) is 55.3 Å². The maximum absolute atomic E-state index is 6.43. The second-order valence-electron chi connectivity index (χ2n) is 8.71. The molecular weight excluding hydrogens is 438 g/mol. The van der Waals surface area contributed by atoms with Gasteiger partial charge in [-0.15, -0.1) is 0 Å². The van der Waals surface area contributed by atoms with E-state index < -0.39 is 0 Å². The minimum Gasteiger partial charge on any atom is -0.340 e. The smallest absolute Gasteiger partial charge is 0.141 e. The first-order valence-corrected chi connectivity index (χ1v) is 11.7. The number of aromatic nitrogens is 2. The number of rotatable bonds is 3. The molecule has 164 valence electrons. The zero-order valence-corrected chi connectivity index (χ0v) is 19.7. The number of hydrogen-bond acceptors (Lipinski definition) is 3. The molecule has 0 aliphatic carbocycles. The van der Waals surface area contributed by atoms with Gasteiger partial charge in [-0.3, -0.25) is 0 Å². The van der Waals surface area contributed by atoms with Crippen molar-refractivity contribution in [2.45, 2.75) is 13.8 Å². The summed E-state index contributed by atoms with van der Waals surface area (Å²) in [5.41, 5.74) is 8.32. The fourth-order valence-corrected chi connectivity index (χ4v) is 4.72. The number of nitrogens with one attached hydrogen (secondary N) is 1. The second-order valence-corrected chi connectivity index (χ2v) is 9.15. The fraction of sp³-hybridized carbons (Fsp3) is 0.0667. The van der Waals surface area contributed by atoms with E-state index in [-0.39, 0.29) is 0 Å². The number of anilines is 2. The zero-order valence-electron chi connectivity index (χ0n) is 18.9. The maximum atomic E-state index is 6.43. The molecule has 2 heterocycles. The predicted molar refractivity (Wildman–Crippen MR) is 144 cm³/mol. The molecule has 6 rings (SSSR count). The summed E-state index contributed by atoms with van der Waals surface area (Å²) in [5, 5.41) is 7.29. The number of fused-ring (bicyclic) bond motifs is 4. The van der Waals surface area contributed by atoms with Gasteiger partial charge in [0.25, 0.3) is 0 Å². The molecule has 0 atom stereocenters. The molecule has 0 saturated carbocycles. The highest BCUT2D eigenvalue weighted by molar-refractivity contribution is 6.32. The summed E-state index contributed by atoms with van der Waals surface area (Å²) >= 11 is 6.43. The molecule has 0 saturated heterocycles.